The standard InChI is InChI=1S/C17H18ClNO3/c1-12(20)16(14-9-5-6-10-15(14)18)22-17(21)19-11-13-7-3-2-4-8-13/h2-10,12,16,20H,11H2,1H3,(H,19,21). The number of nitrogens with one attached hydrogen (secondary N) is 1. The van der Waals surface area contributed by atoms with Gasteiger partial charge in [0.2, 0.25) is 0 Å². The second kappa shape index (κ2) is 7.82. The number of carbonyl (C=O) groups excluding carboxylic acids is 1. The molecule has 0 radical (unpaired) electrons. The summed E-state index contributed by atoms with van der Waals surface area (Å²) in [4.78, 5) is 11.9. The molecule has 22 heavy (non-hydrogen) atoms. The fraction of sp³-hybridized carbons (Fsp3) is 0.235. The Kier molecular flexibility index (Phi) is 5.81. The maximum absolute atomic E-state index is 11.9. The van der Waals surface area contributed by atoms with E-state index >= 15 is 0 Å². The van der Waals surface area contributed by atoms with Crippen molar-refractivity contribution in [1.82, 2.24) is 5.32 Å². The number of aliphatic hydroxyl groups excluding tert-OH is 1. The molecule has 0 aliphatic carbocycles. The van der Waals surface area contributed by atoms with Crippen molar-refractivity contribution >= 4 is 17.7 Å². The molecule has 5 heteroatoms. The molecule has 0 aromatic heterocycles. The average molecular weight is 320 g/mol. The third-order valence-corrected chi connectivity index (χ3v) is 3.51. The van der Waals surface area contributed by atoms with Gasteiger partial charge in [0.05, 0.1) is 6.10 Å². The Morgan fingerprint density at radius 3 is 2.45 bits per heavy atom. The predicted octanol–water partition coefficient (Wildman–Crippen LogP) is 3.69. The first-order valence-electron chi connectivity index (χ1n) is 6.99. The summed E-state index contributed by atoms with van der Waals surface area (Å²) in [7, 11) is 0. The van der Waals surface area contributed by atoms with E-state index in [9.17, 15) is 9.90 Å². The summed E-state index contributed by atoms with van der Waals surface area (Å²) in [5, 5.41) is 13.0. The quantitative estimate of drug-likeness (QED) is 0.883. The molecular formula is C17H18ClNO3. The molecule has 2 rings (SSSR count). The van der Waals surface area contributed by atoms with E-state index in [0.29, 0.717) is 17.1 Å². The van der Waals surface area contributed by atoms with Crippen molar-refractivity contribution < 1.29 is 14.6 Å². The van der Waals surface area contributed by atoms with E-state index in [1.807, 2.05) is 30.3 Å². The topological polar surface area (TPSA) is 58.6 Å². The van der Waals surface area contributed by atoms with Crippen LogP contribution in [0, 0.1) is 0 Å². The van der Waals surface area contributed by atoms with Crippen LogP contribution >= 0.6 is 11.6 Å². The monoisotopic (exact) mass is 319 g/mol. The van der Waals surface area contributed by atoms with Crippen LogP contribution < -0.4 is 5.32 Å². The van der Waals surface area contributed by atoms with Crippen molar-refractivity contribution in [2.75, 3.05) is 0 Å². The maximum atomic E-state index is 11.9. The van der Waals surface area contributed by atoms with E-state index < -0.39 is 18.3 Å². The Labute approximate surface area is 134 Å². The zero-order valence-corrected chi connectivity index (χ0v) is 13.0. The number of ether oxygens (including phenoxy) is 1. The molecule has 0 fully saturated rings. The van der Waals surface area contributed by atoms with Crippen LogP contribution in [0.1, 0.15) is 24.2 Å². The van der Waals surface area contributed by atoms with E-state index in [-0.39, 0.29) is 0 Å². The SMILES string of the molecule is CC(O)C(OC(=O)NCc1ccccc1)c1ccccc1Cl. The Morgan fingerprint density at radius 1 is 1.18 bits per heavy atom. The molecule has 0 spiro atoms. The minimum atomic E-state index is -0.873. The second-order valence-electron chi connectivity index (χ2n) is 4.93. The third kappa shape index (κ3) is 4.48. The van der Waals surface area contributed by atoms with Crippen molar-refractivity contribution in [3.05, 3.63) is 70.7 Å². The molecule has 0 saturated heterocycles. The summed E-state index contributed by atoms with van der Waals surface area (Å²) in [6, 6.07) is 16.5. The van der Waals surface area contributed by atoms with E-state index in [1.54, 1.807) is 31.2 Å². The Hall–Kier alpha value is -2.04. The van der Waals surface area contributed by atoms with E-state index in [0.717, 1.165) is 5.56 Å². The lowest BCUT2D eigenvalue weighted by atomic mass is 10.1. The van der Waals surface area contributed by atoms with E-state index in [1.165, 1.54) is 0 Å². The summed E-state index contributed by atoms with van der Waals surface area (Å²) in [5.41, 5.74) is 1.54. The summed E-state index contributed by atoms with van der Waals surface area (Å²) >= 11 is 6.10. The molecule has 2 aromatic carbocycles. The molecule has 2 unspecified atom stereocenters. The molecule has 2 N–H and O–H groups in total. The highest BCUT2D eigenvalue weighted by atomic mass is 35.5. The number of amides is 1. The Bertz CT molecular complexity index is 616. The number of aliphatic hydroxyl groups is 1. The van der Waals surface area contributed by atoms with Gasteiger partial charge in [-0.2, -0.15) is 0 Å². The van der Waals surface area contributed by atoms with Crippen LogP contribution in [0.5, 0.6) is 0 Å². The lowest BCUT2D eigenvalue weighted by Crippen LogP contribution is -2.29. The number of hydrogen-bond donors (Lipinski definition) is 2. The van der Waals surface area contributed by atoms with Crippen LogP contribution in [-0.2, 0) is 11.3 Å². The van der Waals surface area contributed by atoms with E-state index in [4.69, 9.17) is 16.3 Å². The van der Waals surface area contributed by atoms with Gasteiger partial charge in [-0.3, -0.25) is 0 Å². The smallest absolute Gasteiger partial charge is 0.408 e. The number of benzene rings is 2. The first-order chi connectivity index (χ1) is 10.6. The van der Waals surface area contributed by atoms with Crippen LogP contribution in [0.4, 0.5) is 4.79 Å². The van der Waals surface area contributed by atoms with Gasteiger partial charge in [-0.05, 0) is 18.6 Å². The van der Waals surface area contributed by atoms with Crippen LogP contribution in [0.3, 0.4) is 0 Å². The maximum Gasteiger partial charge on any atom is 0.408 e. The Morgan fingerprint density at radius 2 is 1.82 bits per heavy atom. The lowest BCUT2D eigenvalue weighted by Gasteiger charge is -2.22. The molecule has 2 aromatic rings. The third-order valence-electron chi connectivity index (χ3n) is 3.16. The van der Waals surface area contributed by atoms with Gasteiger partial charge in [-0.1, -0.05) is 60.1 Å². The van der Waals surface area contributed by atoms with Gasteiger partial charge >= 0.3 is 6.09 Å². The fourth-order valence-electron chi connectivity index (χ4n) is 2.05. The summed E-state index contributed by atoms with van der Waals surface area (Å²) < 4.78 is 5.32. The largest absolute Gasteiger partial charge is 0.439 e. The molecule has 0 bridgehead atoms. The molecule has 0 aliphatic heterocycles. The summed E-state index contributed by atoms with van der Waals surface area (Å²) in [6.07, 6.45) is -2.29. The molecule has 0 aliphatic rings. The van der Waals surface area contributed by atoms with Crippen LogP contribution in [0.25, 0.3) is 0 Å². The summed E-state index contributed by atoms with van der Waals surface area (Å²) in [6.45, 7) is 1.91. The number of halogens is 1. The average Bonchev–Trinajstić information content (AvgIpc) is 2.52. The molecule has 0 saturated carbocycles. The first kappa shape index (κ1) is 16.3. The fourth-order valence-corrected chi connectivity index (χ4v) is 2.30. The normalized spacial score (nSPS) is 13.2. The van der Waals surface area contributed by atoms with Crippen molar-refractivity contribution in [2.45, 2.75) is 25.7 Å². The Balaban J connectivity index is 1.99. The number of carbonyl (C=O) groups is 1. The van der Waals surface area contributed by atoms with Gasteiger partial charge < -0.3 is 15.2 Å². The van der Waals surface area contributed by atoms with Gasteiger partial charge in [-0.25, -0.2) is 4.79 Å². The minimum absolute atomic E-state index is 0.356. The van der Waals surface area contributed by atoms with Crippen molar-refractivity contribution in [1.29, 1.82) is 0 Å². The van der Waals surface area contributed by atoms with Crippen molar-refractivity contribution in [2.24, 2.45) is 0 Å². The van der Waals surface area contributed by atoms with Gasteiger partial charge in [-0.15, -0.1) is 0 Å². The number of rotatable bonds is 5. The molecule has 1 amide bonds. The van der Waals surface area contributed by atoms with Gasteiger partial charge in [0.25, 0.3) is 0 Å². The zero-order valence-electron chi connectivity index (χ0n) is 12.2. The number of alkyl carbamates (subject to hydrolysis) is 1. The lowest BCUT2D eigenvalue weighted by molar-refractivity contribution is 0.0106. The molecule has 4 nitrogen and oxygen atoms in total. The van der Waals surface area contributed by atoms with Gasteiger partial charge in [0, 0.05) is 17.1 Å². The predicted molar refractivity (Wildman–Crippen MR) is 85.6 cm³/mol. The molecule has 0 heterocycles. The van der Waals surface area contributed by atoms with Crippen LogP contribution in [0.15, 0.2) is 54.6 Å². The second-order valence-corrected chi connectivity index (χ2v) is 5.33. The van der Waals surface area contributed by atoms with E-state index in [2.05, 4.69) is 5.32 Å². The molecule has 2 atom stereocenters. The van der Waals surface area contributed by atoms with Crippen molar-refractivity contribution in [3.63, 3.8) is 0 Å². The highest BCUT2D eigenvalue weighted by Gasteiger charge is 2.23. The van der Waals surface area contributed by atoms with Gasteiger partial charge in [0.15, 0.2) is 6.10 Å². The minimum Gasteiger partial charge on any atom is -0.439 e. The van der Waals surface area contributed by atoms with Crippen LogP contribution in [0.2, 0.25) is 5.02 Å². The van der Waals surface area contributed by atoms with Crippen molar-refractivity contribution in [3.8, 4) is 0 Å². The first-order valence-corrected chi connectivity index (χ1v) is 7.36. The summed E-state index contributed by atoms with van der Waals surface area (Å²) in [5.74, 6) is 0. The highest BCUT2D eigenvalue weighted by molar-refractivity contribution is 6.31. The van der Waals surface area contributed by atoms with Crippen LogP contribution in [-0.4, -0.2) is 17.3 Å². The molecule has 116 valence electrons. The molecular weight excluding hydrogens is 302 g/mol. The highest BCUT2D eigenvalue weighted by Crippen LogP contribution is 2.28. The zero-order chi connectivity index (χ0) is 15.9. The van der Waals surface area contributed by atoms with Gasteiger partial charge in [0.1, 0.15) is 0 Å². The number of hydrogen-bond acceptors (Lipinski definition) is 3.